The van der Waals surface area contributed by atoms with Crippen molar-refractivity contribution in [2.45, 2.75) is 57.5 Å². The number of alkyl halides is 3. The van der Waals surface area contributed by atoms with E-state index in [9.17, 15) is 26.7 Å². The van der Waals surface area contributed by atoms with E-state index in [2.05, 4.69) is 15.2 Å². The second-order valence-electron chi connectivity index (χ2n) is 8.88. The van der Waals surface area contributed by atoms with Gasteiger partial charge in [0, 0.05) is 18.3 Å². The number of thiazole rings is 1. The van der Waals surface area contributed by atoms with Gasteiger partial charge in [-0.3, -0.25) is 4.68 Å². The quantitative estimate of drug-likeness (QED) is 0.295. The molecule has 4 heterocycles. The van der Waals surface area contributed by atoms with Crippen LogP contribution < -0.4 is 4.90 Å². The maximum absolute atomic E-state index is 14.2. The Morgan fingerprint density at radius 1 is 1.22 bits per heavy atom. The number of anilines is 1. The van der Waals surface area contributed by atoms with Crippen molar-refractivity contribution in [3.8, 4) is 0 Å². The standard InChI is InChI=1S/C24H22F5N5O2S/c1-13-21(22(24(27,28)29)31-34(13)9-10-35)33-8-3-2-7-18(33)23-30-17(12-37-23)16-11-19(36-32-16)20-14(25)5-4-6-15(20)26/h4-6,10,12,18-19H,2-3,7-9,11H2,1H3/t18?,19-/m1/s1. The van der Waals surface area contributed by atoms with E-state index < -0.39 is 35.7 Å². The SMILES string of the molecule is Cc1c(N2CCCCC2c2nc(C3=NO[C@@H](c4c(F)cccc4F)C3)cs2)c(C(F)(F)F)nn1CC=O. The van der Waals surface area contributed by atoms with E-state index in [1.54, 1.807) is 10.3 Å². The molecule has 2 aromatic heterocycles. The molecule has 37 heavy (non-hydrogen) atoms. The molecule has 1 fully saturated rings. The fourth-order valence-electron chi connectivity index (χ4n) is 4.85. The zero-order valence-electron chi connectivity index (χ0n) is 19.6. The van der Waals surface area contributed by atoms with Crippen molar-refractivity contribution in [1.82, 2.24) is 14.8 Å². The summed E-state index contributed by atoms with van der Waals surface area (Å²) in [6.07, 6.45) is -2.95. The topological polar surface area (TPSA) is 72.6 Å². The van der Waals surface area contributed by atoms with Crippen molar-refractivity contribution in [1.29, 1.82) is 0 Å². The summed E-state index contributed by atoms with van der Waals surface area (Å²) in [5, 5.41) is 9.99. The van der Waals surface area contributed by atoms with Crippen molar-refractivity contribution < 1.29 is 31.6 Å². The van der Waals surface area contributed by atoms with Crippen LogP contribution in [-0.4, -0.2) is 33.3 Å². The van der Waals surface area contributed by atoms with E-state index in [0.29, 0.717) is 42.1 Å². The molecule has 1 aromatic carbocycles. The van der Waals surface area contributed by atoms with Crippen molar-refractivity contribution in [2.24, 2.45) is 5.16 Å². The Morgan fingerprint density at radius 2 is 1.97 bits per heavy atom. The average Bonchev–Trinajstić information content (AvgIpc) is 3.59. The lowest BCUT2D eigenvalue weighted by Crippen LogP contribution is -2.35. The van der Waals surface area contributed by atoms with E-state index in [4.69, 9.17) is 4.84 Å². The molecule has 0 radical (unpaired) electrons. The number of oxime groups is 1. The lowest BCUT2D eigenvalue weighted by Gasteiger charge is -2.36. The zero-order valence-corrected chi connectivity index (χ0v) is 20.5. The summed E-state index contributed by atoms with van der Waals surface area (Å²) in [5.41, 5.74) is -0.173. The number of hydrogen-bond acceptors (Lipinski definition) is 7. The van der Waals surface area contributed by atoms with Crippen molar-refractivity contribution in [2.75, 3.05) is 11.4 Å². The minimum absolute atomic E-state index is 0.0487. The normalized spacial score (nSPS) is 20.2. The van der Waals surface area contributed by atoms with Crippen LogP contribution in [-0.2, 0) is 22.4 Å². The van der Waals surface area contributed by atoms with Gasteiger partial charge in [0.2, 0.25) is 0 Å². The smallest absolute Gasteiger partial charge is 0.387 e. The number of carbonyl (C=O) groups is 1. The number of hydrogen-bond donors (Lipinski definition) is 0. The van der Waals surface area contributed by atoms with Crippen LogP contribution in [0.5, 0.6) is 0 Å². The second kappa shape index (κ2) is 9.84. The Labute approximate surface area is 212 Å². The molecule has 0 spiro atoms. The highest BCUT2D eigenvalue weighted by Crippen LogP contribution is 2.44. The van der Waals surface area contributed by atoms with Crippen LogP contribution >= 0.6 is 11.3 Å². The first-order valence-corrected chi connectivity index (χ1v) is 12.5. The molecule has 5 rings (SSSR count). The molecule has 0 bridgehead atoms. The molecular weight excluding hydrogens is 517 g/mol. The molecule has 2 aliphatic rings. The van der Waals surface area contributed by atoms with Gasteiger partial charge in [-0.25, -0.2) is 13.8 Å². The Hall–Kier alpha value is -3.35. The van der Waals surface area contributed by atoms with Gasteiger partial charge in [0.1, 0.15) is 28.6 Å². The fourth-order valence-corrected chi connectivity index (χ4v) is 5.83. The highest BCUT2D eigenvalue weighted by atomic mass is 32.1. The Kier molecular flexibility index (Phi) is 6.73. The zero-order chi connectivity index (χ0) is 26.3. The monoisotopic (exact) mass is 539 g/mol. The average molecular weight is 540 g/mol. The van der Waals surface area contributed by atoms with Gasteiger partial charge >= 0.3 is 6.18 Å². The largest absolute Gasteiger partial charge is 0.437 e. The first-order valence-electron chi connectivity index (χ1n) is 11.7. The van der Waals surface area contributed by atoms with E-state index in [-0.39, 0.29) is 29.9 Å². The maximum atomic E-state index is 14.2. The van der Waals surface area contributed by atoms with Gasteiger partial charge < -0.3 is 14.5 Å². The number of aldehydes is 1. The third-order valence-electron chi connectivity index (χ3n) is 6.57. The number of benzene rings is 1. The molecule has 0 N–H and O–H groups in total. The number of rotatable bonds is 6. The lowest BCUT2D eigenvalue weighted by atomic mass is 10.0. The van der Waals surface area contributed by atoms with Gasteiger partial charge in [-0.2, -0.15) is 18.3 Å². The minimum Gasteiger partial charge on any atom is -0.387 e. The lowest BCUT2D eigenvalue weighted by molar-refractivity contribution is -0.141. The molecular formula is C24H22F5N5O2S. The van der Waals surface area contributed by atoms with Crippen molar-refractivity contribution in [3.63, 3.8) is 0 Å². The summed E-state index contributed by atoms with van der Waals surface area (Å²) in [6, 6.07) is 3.12. The molecule has 7 nitrogen and oxygen atoms in total. The predicted octanol–water partition coefficient (Wildman–Crippen LogP) is 5.74. The molecule has 1 unspecified atom stereocenters. The molecule has 0 aliphatic carbocycles. The van der Waals surface area contributed by atoms with Gasteiger partial charge in [0.05, 0.1) is 35.2 Å². The first kappa shape index (κ1) is 25.3. The molecule has 3 aromatic rings. The highest BCUT2D eigenvalue weighted by molar-refractivity contribution is 7.10. The Balaban J connectivity index is 1.43. The summed E-state index contributed by atoms with van der Waals surface area (Å²) >= 11 is 1.28. The molecule has 196 valence electrons. The van der Waals surface area contributed by atoms with Crippen LogP contribution in [0.2, 0.25) is 0 Å². The summed E-state index contributed by atoms with van der Waals surface area (Å²) < 4.78 is 71.2. The summed E-state index contributed by atoms with van der Waals surface area (Å²) in [5.74, 6) is -1.46. The molecule has 2 aliphatic heterocycles. The van der Waals surface area contributed by atoms with Gasteiger partial charge in [-0.15, -0.1) is 11.3 Å². The van der Waals surface area contributed by atoms with Crippen LogP contribution in [0, 0.1) is 18.6 Å². The van der Waals surface area contributed by atoms with Crippen LogP contribution in [0.1, 0.15) is 65.5 Å². The predicted molar refractivity (Wildman–Crippen MR) is 125 cm³/mol. The second-order valence-corrected chi connectivity index (χ2v) is 9.77. The number of aromatic nitrogens is 3. The van der Waals surface area contributed by atoms with Crippen LogP contribution in [0.3, 0.4) is 0 Å². The summed E-state index contributed by atoms with van der Waals surface area (Å²) in [7, 11) is 0. The van der Waals surface area contributed by atoms with Crippen LogP contribution in [0.15, 0.2) is 28.7 Å². The number of carbonyl (C=O) groups excluding carboxylic acids is 1. The number of nitrogens with zero attached hydrogens (tertiary/aromatic N) is 5. The number of halogens is 5. The van der Waals surface area contributed by atoms with E-state index in [1.165, 1.54) is 24.3 Å². The minimum atomic E-state index is -4.70. The van der Waals surface area contributed by atoms with Crippen LogP contribution in [0.4, 0.5) is 27.6 Å². The van der Waals surface area contributed by atoms with Gasteiger partial charge in [0.25, 0.3) is 0 Å². The third kappa shape index (κ3) is 4.72. The third-order valence-corrected chi connectivity index (χ3v) is 7.52. The maximum Gasteiger partial charge on any atom is 0.437 e. The van der Waals surface area contributed by atoms with Gasteiger partial charge in [-0.05, 0) is 38.3 Å². The van der Waals surface area contributed by atoms with Crippen LogP contribution in [0.25, 0.3) is 0 Å². The number of piperidine rings is 1. The van der Waals surface area contributed by atoms with E-state index >= 15 is 0 Å². The van der Waals surface area contributed by atoms with Crippen molar-refractivity contribution in [3.05, 3.63) is 62.9 Å². The summed E-state index contributed by atoms with van der Waals surface area (Å²) in [6.45, 7) is 1.61. The van der Waals surface area contributed by atoms with Gasteiger partial charge in [-0.1, -0.05) is 11.2 Å². The summed E-state index contributed by atoms with van der Waals surface area (Å²) in [4.78, 5) is 22.6. The van der Waals surface area contributed by atoms with E-state index in [0.717, 1.165) is 23.2 Å². The molecule has 2 atom stereocenters. The van der Waals surface area contributed by atoms with E-state index in [1.807, 2.05) is 0 Å². The highest BCUT2D eigenvalue weighted by Gasteiger charge is 2.42. The molecule has 0 saturated carbocycles. The first-order chi connectivity index (χ1) is 17.7. The van der Waals surface area contributed by atoms with Crippen molar-refractivity contribution >= 4 is 29.0 Å². The van der Waals surface area contributed by atoms with Gasteiger partial charge in [0.15, 0.2) is 11.8 Å². The Morgan fingerprint density at radius 3 is 2.68 bits per heavy atom. The molecule has 13 heteroatoms. The molecule has 1 saturated heterocycles. The molecule has 0 amide bonds. The Bertz CT molecular complexity index is 1330. The fraction of sp³-hybridized carbons (Fsp3) is 0.417.